The Morgan fingerprint density at radius 3 is 2.77 bits per heavy atom. The van der Waals surface area contributed by atoms with Crippen molar-refractivity contribution in [2.24, 2.45) is 0 Å². The van der Waals surface area contributed by atoms with E-state index in [0.29, 0.717) is 35.9 Å². The normalized spacial score (nSPS) is 17.1. The van der Waals surface area contributed by atoms with E-state index in [2.05, 4.69) is 25.5 Å². The Labute approximate surface area is 261 Å². The van der Waals surface area contributed by atoms with Crippen LogP contribution in [-0.2, 0) is 29.2 Å². The zero-order valence-electron chi connectivity index (χ0n) is 24.0. The molecule has 0 aliphatic carbocycles. The van der Waals surface area contributed by atoms with E-state index in [0.717, 1.165) is 63.6 Å². The maximum atomic E-state index is 14.6. The van der Waals surface area contributed by atoms with E-state index in [-0.39, 0.29) is 24.6 Å². The van der Waals surface area contributed by atoms with Crippen LogP contribution in [0.25, 0.3) is 26.8 Å². The lowest BCUT2D eigenvalue weighted by Crippen LogP contribution is -2.33. The number of methoxy groups -OCH3 is 1. The predicted octanol–water partition coefficient (Wildman–Crippen LogP) is 6.28. The van der Waals surface area contributed by atoms with E-state index in [1.54, 1.807) is 18.2 Å². The molecule has 0 spiro atoms. The van der Waals surface area contributed by atoms with Gasteiger partial charge >= 0.3 is 5.97 Å². The second-order valence-electron chi connectivity index (χ2n) is 10.8. The summed E-state index contributed by atoms with van der Waals surface area (Å²) in [5, 5.41) is 1.36. The number of carbonyl (C=O) groups is 1. The van der Waals surface area contributed by atoms with Crippen molar-refractivity contribution < 1.29 is 23.4 Å². The number of carbonyl (C=O) groups excluding carboxylic acids is 1. The number of thiazole rings is 1. The Kier molecular flexibility index (Phi) is 8.02. The van der Waals surface area contributed by atoms with Crippen molar-refractivity contribution in [3.63, 3.8) is 0 Å². The van der Waals surface area contributed by atoms with E-state index in [1.165, 1.54) is 24.5 Å². The molecule has 9 nitrogen and oxygen atoms in total. The van der Waals surface area contributed by atoms with Crippen molar-refractivity contribution in [2.75, 3.05) is 26.8 Å². The topological polar surface area (TPSA) is 91.6 Å². The summed E-state index contributed by atoms with van der Waals surface area (Å²) in [5.74, 6) is -0.0102. The van der Waals surface area contributed by atoms with Crippen molar-refractivity contribution in [3.05, 3.63) is 87.5 Å². The van der Waals surface area contributed by atoms with Crippen LogP contribution < -0.4 is 4.74 Å². The van der Waals surface area contributed by atoms with Crippen molar-refractivity contribution >= 4 is 55.7 Å². The van der Waals surface area contributed by atoms with Gasteiger partial charge < -0.3 is 18.8 Å². The largest absolute Gasteiger partial charge is 0.468 e. The molecular weight excluding hydrogens is 605 g/mol. The Morgan fingerprint density at radius 2 is 2.00 bits per heavy atom. The van der Waals surface area contributed by atoms with Gasteiger partial charge in [0.05, 0.1) is 58.8 Å². The first-order valence-electron chi connectivity index (χ1n) is 14.4. The number of fused-ring (bicyclic) bond motifs is 2. The summed E-state index contributed by atoms with van der Waals surface area (Å²) in [6, 6.07) is 14.1. The highest BCUT2D eigenvalue weighted by Gasteiger charge is 2.24. The van der Waals surface area contributed by atoms with Gasteiger partial charge in [-0.3, -0.25) is 4.90 Å². The molecule has 1 saturated heterocycles. The summed E-state index contributed by atoms with van der Waals surface area (Å²) < 4.78 is 34.2. The SMILES string of the molecule is COC(=O)c1ccc2nc(CN3CC=C(c4ccc(F)c(OCc5nc6ccc(Cl)cc6s5)n4)CC3)n(C[C@@H]3CCO3)c2c1. The standard InChI is InChI=1S/C32H29ClFN5O4S/c1-41-32(40)20-2-5-25-27(14-20)39(16-22-10-13-42-22)29(35-25)17-38-11-8-19(9-12-38)24-7-4-23(34)31(37-24)43-18-30-36-26-6-3-21(33)15-28(26)44-30/h2-8,14-15,22H,9-13,16-18H2,1H3/t22-/m0/s1. The number of ether oxygens (including phenoxy) is 3. The van der Waals surface area contributed by atoms with Gasteiger partial charge in [0.2, 0.25) is 0 Å². The number of imidazole rings is 1. The molecule has 2 aliphatic heterocycles. The quantitative estimate of drug-likeness (QED) is 0.175. The monoisotopic (exact) mass is 633 g/mol. The van der Waals surface area contributed by atoms with Gasteiger partial charge in [0, 0.05) is 24.7 Å². The molecule has 0 amide bonds. The summed E-state index contributed by atoms with van der Waals surface area (Å²) in [5.41, 5.74) is 4.78. The van der Waals surface area contributed by atoms with Crippen LogP contribution in [0.15, 0.2) is 54.6 Å². The van der Waals surface area contributed by atoms with Crippen molar-refractivity contribution in [1.82, 2.24) is 24.4 Å². The maximum Gasteiger partial charge on any atom is 0.337 e. The number of rotatable bonds is 9. The van der Waals surface area contributed by atoms with Crippen molar-refractivity contribution in [1.29, 1.82) is 0 Å². The maximum absolute atomic E-state index is 14.6. The third-order valence-corrected chi connectivity index (χ3v) is 9.18. The Hall–Kier alpha value is -3.90. The van der Waals surface area contributed by atoms with Gasteiger partial charge in [0.15, 0.2) is 5.82 Å². The fraction of sp³-hybridized carbons (Fsp3) is 0.312. The minimum atomic E-state index is -0.513. The average Bonchev–Trinajstić information content (AvgIpc) is 3.58. The Morgan fingerprint density at radius 1 is 1.14 bits per heavy atom. The number of aromatic nitrogens is 4. The molecule has 5 aromatic rings. The molecule has 2 aliphatic rings. The first-order chi connectivity index (χ1) is 21.4. The van der Waals surface area contributed by atoms with Crippen LogP contribution in [0.2, 0.25) is 5.02 Å². The average molecular weight is 634 g/mol. The summed E-state index contributed by atoms with van der Waals surface area (Å²) in [6.07, 6.45) is 4.00. The third kappa shape index (κ3) is 5.92. The smallest absolute Gasteiger partial charge is 0.337 e. The van der Waals surface area contributed by atoms with E-state index in [9.17, 15) is 9.18 Å². The van der Waals surface area contributed by atoms with Gasteiger partial charge in [0.1, 0.15) is 17.4 Å². The van der Waals surface area contributed by atoms with E-state index < -0.39 is 5.82 Å². The second-order valence-corrected chi connectivity index (χ2v) is 12.4. The summed E-state index contributed by atoms with van der Waals surface area (Å²) in [4.78, 5) is 28.5. The minimum Gasteiger partial charge on any atom is -0.468 e. The van der Waals surface area contributed by atoms with Crippen LogP contribution in [0.4, 0.5) is 4.39 Å². The van der Waals surface area contributed by atoms with Crippen molar-refractivity contribution in [2.45, 2.75) is 38.6 Å². The fourth-order valence-corrected chi connectivity index (χ4v) is 6.66. The molecule has 7 rings (SSSR count). The van der Waals surface area contributed by atoms with Gasteiger partial charge in [-0.15, -0.1) is 11.3 Å². The van der Waals surface area contributed by atoms with Crippen LogP contribution in [-0.4, -0.2) is 63.3 Å². The molecule has 0 radical (unpaired) electrons. The molecule has 12 heteroatoms. The molecule has 0 bridgehead atoms. The number of hydrogen-bond acceptors (Lipinski definition) is 9. The first-order valence-corrected chi connectivity index (χ1v) is 15.6. The molecule has 0 saturated carbocycles. The van der Waals surface area contributed by atoms with E-state index in [1.807, 2.05) is 24.3 Å². The summed E-state index contributed by atoms with van der Waals surface area (Å²) in [6.45, 7) is 3.67. The molecule has 3 aromatic heterocycles. The zero-order chi connectivity index (χ0) is 30.2. The third-order valence-electron chi connectivity index (χ3n) is 7.96. The lowest BCUT2D eigenvalue weighted by atomic mass is 10.0. The lowest BCUT2D eigenvalue weighted by Gasteiger charge is -2.29. The zero-order valence-corrected chi connectivity index (χ0v) is 25.5. The number of benzene rings is 2. The molecule has 226 valence electrons. The molecule has 2 aromatic carbocycles. The molecule has 1 fully saturated rings. The minimum absolute atomic E-state index is 0.0404. The van der Waals surface area contributed by atoms with Crippen LogP contribution in [0.5, 0.6) is 5.88 Å². The van der Waals surface area contributed by atoms with Crippen LogP contribution in [0.3, 0.4) is 0 Å². The first kappa shape index (κ1) is 28.8. The second kappa shape index (κ2) is 12.2. The molecule has 0 N–H and O–H groups in total. The van der Waals surface area contributed by atoms with Crippen molar-refractivity contribution in [3.8, 4) is 5.88 Å². The van der Waals surface area contributed by atoms with Gasteiger partial charge in [-0.2, -0.15) is 0 Å². The van der Waals surface area contributed by atoms with Crippen LogP contribution in [0, 0.1) is 5.82 Å². The number of hydrogen-bond donors (Lipinski definition) is 0. The van der Waals surface area contributed by atoms with E-state index >= 15 is 0 Å². The van der Waals surface area contributed by atoms with Gasteiger partial charge in [-0.25, -0.2) is 24.1 Å². The highest BCUT2D eigenvalue weighted by atomic mass is 35.5. The molecule has 0 unspecified atom stereocenters. The van der Waals surface area contributed by atoms with Gasteiger partial charge in [-0.05, 0) is 66.9 Å². The lowest BCUT2D eigenvalue weighted by molar-refractivity contribution is -0.0591. The molecule has 5 heterocycles. The molecular formula is C32H29ClFN5O4S. The number of halogens is 2. The van der Waals surface area contributed by atoms with Gasteiger partial charge in [-0.1, -0.05) is 17.7 Å². The molecule has 1 atom stereocenters. The molecule has 44 heavy (non-hydrogen) atoms. The summed E-state index contributed by atoms with van der Waals surface area (Å²) >= 11 is 7.55. The van der Waals surface area contributed by atoms with Gasteiger partial charge in [0.25, 0.3) is 5.88 Å². The highest BCUT2D eigenvalue weighted by molar-refractivity contribution is 7.18. The summed E-state index contributed by atoms with van der Waals surface area (Å²) in [7, 11) is 1.38. The Bertz CT molecular complexity index is 1900. The highest BCUT2D eigenvalue weighted by Crippen LogP contribution is 2.29. The van der Waals surface area contributed by atoms with E-state index in [4.69, 9.17) is 30.8 Å². The Balaban J connectivity index is 1.05. The fourth-order valence-electron chi connectivity index (χ4n) is 5.50. The number of nitrogens with zero attached hydrogens (tertiary/aromatic N) is 5. The van der Waals surface area contributed by atoms with Crippen LogP contribution in [0.1, 0.15) is 39.7 Å². The van der Waals surface area contributed by atoms with Crippen LogP contribution >= 0.6 is 22.9 Å². The number of esters is 1. The number of pyridine rings is 1. The predicted molar refractivity (Wildman–Crippen MR) is 166 cm³/mol.